The number of pyridine rings is 1. The van der Waals surface area contributed by atoms with Crippen LogP contribution >= 0.6 is 15.9 Å². The maximum atomic E-state index is 12.4. The highest BCUT2D eigenvalue weighted by Gasteiger charge is 2.31. The Morgan fingerprint density at radius 3 is 2.60 bits per heavy atom. The Morgan fingerprint density at radius 1 is 1.53 bits per heavy atom. The van der Waals surface area contributed by atoms with Gasteiger partial charge in [-0.25, -0.2) is 0 Å². The third-order valence-corrected chi connectivity index (χ3v) is 2.26. The van der Waals surface area contributed by atoms with Gasteiger partial charge in [0.05, 0.1) is 10.0 Å². The van der Waals surface area contributed by atoms with Gasteiger partial charge in [0.15, 0.2) is 0 Å². The van der Waals surface area contributed by atoms with Crippen LogP contribution in [0.4, 0.5) is 13.2 Å². The molecular weight excluding hydrogens is 275 g/mol. The Hall–Kier alpha value is -1.04. The van der Waals surface area contributed by atoms with E-state index < -0.39 is 17.3 Å². The van der Waals surface area contributed by atoms with Gasteiger partial charge in [-0.05, 0) is 22.0 Å². The van der Waals surface area contributed by atoms with Gasteiger partial charge in [-0.3, -0.25) is 4.79 Å². The van der Waals surface area contributed by atoms with Crippen molar-refractivity contribution in [1.29, 1.82) is 0 Å². The zero-order chi connectivity index (χ0) is 11.6. The van der Waals surface area contributed by atoms with Crippen molar-refractivity contribution >= 4 is 15.9 Å². The molecule has 0 amide bonds. The van der Waals surface area contributed by atoms with Crippen LogP contribution in [0.3, 0.4) is 0 Å². The first-order valence-corrected chi connectivity index (χ1v) is 4.73. The summed E-state index contributed by atoms with van der Waals surface area (Å²) in [5.41, 5.74) is -1.38. The molecular formula is C9H7BrF3NO. The van der Waals surface area contributed by atoms with Crippen LogP contribution < -0.4 is 5.56 Å². The van der Waals surface area contributed by atoms with Crippen LogP contribution in [0, 0.1) is 0 Å². The van der Waals surface area contributed by atoms with Gasteiger partial charge in [0.2, 0.25) is 0 Å². The summed E-state index contributed by atoms with van der Waals surface area (Å²) in [6, 6.07) is 0.766. The van der Waals surface area contributed by atoms with E-state index in [1.807, 2.05) is 0 Å². The Labute approximate surface area is 92.2 Å². The van der Waals surface area contributed by atoms with Crippen molar-refractivity contribution in [2.75, 3.05) is 0 Å². The van der Waals surface area contributed by atoms with E-state index in [1.54, 1.807) is 0 Å². The van der Waals surface area contributed by atoms with Gasteiger partial charge in [-0.2, -0.15) is 13.2 Å². The summed E-state index contributed by atoms with van der Waals surface area (Å²) in [4.78, 5) is 11.3. The highest BCUT2D eigenvalue weighted by molar-refractivity contribution is 9.10. The molecule has 1 rings (SSSR count). The molecule has 0 saturated carbocycles. The SMILES string of the molecule is C=CCn1cc(C(F)(F)F)cc(Br)c1=O. The lowest BCUT2D eigenvalue weighted by Gasteiger charge is -2.10. The largest absolute Gasteiger partial charge is 0.417 e. The first-order valence-electron chi connectivity index (χ1n) is 3.94. The van der Waals surface area contributed by atoms with Crippen molar-refractivity contribution in [2.45, 2.75) is 12.7 Å². The molecule has 0 aliphatic carbocycles. The third kappa shape index (κ3) is 2.71. The maximum absolute atomic E-state index is 12.4. The minimum atomic E-state index is -4.46. The van der Waals surface area contributed by atoms with Crippen LogP contribution in [0.1, 0.15) is 5.56 Å². The molecule has 15 heavy (non-hydrogen) atoms. The maximum Gasteiger partial charge on any atom is 0.417 e. The zero-order valence-corrected chi connectivity index (χ0v) is 9.10. The Bertz CT molecular complexity index is 436. The van der Waals surface area contributed by atoms with Crippen molar-refractivity contribution in [3.63, 3.8) is 0 Å². The molecule has 0 radical (unpaired) electrons. The summed E-state index contributed by atoms with van der Waals surface area (Å²) in [5, 5.41) is 0. The molecule has 0 unspecified atom stereocenters. The van der Waals surface area contributed by atoms with Gasteiger partial charge in [-0.1, -0.05) is 6.08 Å². The summed E-state index contributed by atoms with van der Waals surface area (Å²) in [5.74, 6) is 0. The second-order valence-electron chi connectivity index (χ2n) is 2.82. The molecule has 0 saturated heterocycles. The predicted molar refractivity (Wildman–Crippen MR) is 53.6 cm³/mol. The molecule has 0 bridgehead atoms. The Kier molecular flexibility index (Phi) is 3.38. The van der Waals surface area contributed by atoms with Gasteiger partial charge in [0.25, 0.3) is 5.56 Å². The van der Waals surface area contributed by atoms with Gasteiger partial charge in [0, 0.05) is 12.7 Å². The van der Waals surface area contributed by atoms with Crippen LogP contribution in [-0.2, 0) is 12.7 Å². The number of allylic oxidation sites excluding steroid dienone is 1. The normalized spacial score (nSPS) is 11.5. The van der Waals surface area contributed by atoms with Gasteiger partial charge in [-0.15, -0.1) is 6.58 Å². The molecule has 0 aliphatic heterocycles. The first-order chi connectivity index (χ1) is 6.86. The minimum Gasteiger partial charge on any atom is -0.310 e. The van der Waals surface area contributed by atoms with Crippen LogP contribution in [-0.4, -0.2) is 4.57 Å². The fourth-order valence-corrected chi connectivity index (χ4v) is 1.50. The second kappa shape index (κ2) is 4.22. The van der Waals surface area contributed by atoms with Gasteiger partial charge in [0.1, 0.15) is 0 Å². The highest BCUT2D eigenvalue weighted by Crippen LogP contribution is 2.29. The predicted octanol–water partition coefficient (Wildman–Crippen LogP) is 2.82. The monoisotopic (exact) mass is 281 g/mol. The summed E-state index contributed by atoms with van der Waals surface area (Å²) in [7, 11) is 0. The molecule has 0 spiro atoms. The molecule has 1 heterocycles. The van der Waals surface area contributed by atoms with E-state index in [-0.39, 0.29) is 11.0 Å². The molecule has 6 heteroatoms. The number of alkyl halides is 3. The van der Waals surface area contributed by atoms with E-state index >= 15 is 0 Å². The molecule has 0 N–H and O–H groups in total. The molecule has 2 nitrogen and oxygen atoms in total. The van der Waals surface area contributed by atoms with E-state index in [9.17, 15) is 18.0 Å². The molecule has 0 atom stereocenters. The molecule has 1 aromatic heterocycles. The van der Waals surface area contributed by atoms with Crippen LogP contribution in [0.15, 0.2) is 34.2 Å². The van der Waals surface area contributed by atoms with Crippen molar-refractivity contribution < 1.29 is 13.2 Å². The summed E-state index contributed by atoms with van der Waals surface area (Å²) >= 11 is 2.79. The van der Waals surface area contributed by atoms with Crippen LogP contribution in [0.5, 0.6) is 0 Å². The average molecular weight is 282 g/mol. The zero-order valence-electron chi connectivity index (χ0n) is 7.51. The van der Waals surface area contributed by atoms with Crippen molar-refractivity contribution in [3.8, 4) is 0 Å². The fourth-order valence-electron chi connectivity index (χ4n) is 1.03. The summed E-state index contributed by atoms with van der Waals surface area (Å²) < 4.78 is 37.9. The summed E-state index contributed by atoms with van der Waals surface area (Å²) in [6.07, 6.45) is -2.33. The number of hydrogen-bond acceptors (Lipinski definition) is 1. The van der Waals surface area contributed by atoms with E-state index in [2.05, 4.69) is 22.5 Å². The minimum absolute atomic E-state index is 0.0430. The van der Waals surface area contributed by atoms with Crippen LogP contribution in [0.25, 0.3) is 0 Å². The molecule has 82 valence electrons. The second-order valence-corrected chi connectivity index (χ2v) is 3.68. The average Bonchev–Trinajstić information content (AvgIpc) is 2.11. The molecule has 0 aromatic carbocycles. The van der Waals surface area contributed by atoms with Crippen molar-refractivity contribution in [1.82, 2.24) is 4.57 Å². The number of aromatic nitrogens is 1. The van der Waals surface area contributed by atoms with E-state index in [1.165, 1.54) is 6.08 Å². The highest BCUT2D eigenvalue weighted by atomic mass is 79.9. The molecule has 1 aromatic rings. The van der Waals surface area contributed by atoms with Gasteiger partial charge < -0.3 is 4.57 Å². The Morgan fingerprint density at radius 2 is 2.13 bits per heavy atom. The molecule has 0 fully saturated rings. The summed E-state index contributed by atoms with van der Waals surface area (Å²) in [6.45, 7) is 3.41. The molecule has 0 aliphatic rings. The topological polar surface area (TPSA) is 22.0 Å². The number of hydrogen-bond donors (Lipinski definition) is 0. The number of rotatable bonds is 2. The lowest BCUT2D eigenvalue weighted by atomic mass is 10.3. The van der Waals surface area contributed by atoms with E-state index in [4.69, 9.17) is 0 Å². The standard InChI is InChI=1S/C9H7BrF3NO/c1-2-3-14-5-6(9(11,12)13)4-7(10)8(14)15/h2,4-5H,1,3H2. The van der Waals surface area contributed by atoms with Crippen LogP contribution in [0.2, 0.25) is 0 Å². The number of halogens is 4. The van der Waals surface area contributed by atoms with Gasteiger partial charge >= 0.3 is 6.18 Å². The Balaban J connectivity index is 3.36. The first kappa shape index (κ1) is 12.0. The van der Waals surface area contributed by atoms with E-state index in [0.29, 0.717) is 0 Å². The fraction of sp³-hybridized carbons (Fsp3) is 0.222. The lowest BCUT2D eigenvalue weighted by Crippen LogP contribution is -2.22. The van der Waals surface area contributed by atoms with Crippen molar-refractivity contribution in [2.24, 2.45) is 0 Å². The smallest absolute Gasteiger partial charge is 0.310 e. The quantitative estimate of drug-likeness (QED) is 0.764. The lowest BCUT2D eigenvalue weighted by molar-refractivity contribution is -0.138. The van der Waals surface area contributed by atoms with Crippen molar-refractivity contribution in [3.05, 3.63) is 45.3 Å². The third-order valence-electron chi connectivity index (χ3n) is 1.70. The number of nitrogens with zero attached hydrogens (tertiary/aromatic N) is 1. The van der Waals surface area contributed by atoms with E-state index in [0.717, 1.165) is 16.8 Å².